The first-order chi connectivity index (χ1) is 12.8. The largest absolute Gasteiger partial charge is 0.493 e. The van der Waals surface area contributed by atoms with Crippen LogP contribution < -0.4 is 20.1 Å². The molecule has 2 heterocycles. The van der Waals surface area contributed by atoms with E-state index in [0.29, 0.717) is 5.95 Å². The molecule has 140 valence electrons. The van der Waals surface area contributed by atoms with Crippen LogP contribution in [0.5, 0.6) is 11.5 Å². The van der Waals surface area contributed by atoms with Gasteiger partial charge in [-0.15, -0.1) is 0 Å². The van der Waals surface area contributed by atoms with E-state index in [2.05, 4.69) is 20.6 Å². The Kier molecular flexibility index (Phi) is 6.49. The normalized spacial score (nSPS) is 16.3. The quantitative estimate of drug-likeness (QED) is 0.714. The number of ether oxygens (including phenoxy) is 3. The van der Waals surface area contributed by atoms with Crippen LogP contribution in [-0.4, -0.2) is 50.0 Å². The lowest BCUT2D eigenvalue weighted by molar-refractivity contribution is 0.120. The Bertz CT molecular complexity index is 705. The molecule has 7 heteroatoms. The van der Waals surface area contributed by atoms with Gasteiger partial charge in [0.25, 0.3) is 0 Å². The van der Waals surface area contributed by atoms with Crippen LogP contribution in [0.1, 0.15) is 18.4 Å². The number of hydrogen-bond donors (Lipinski definition) is 2. The van der Waals surface area contributed by atoms with E-state index in [0.717, 1.165) is 56.3 Å². The molecule has 1 aliphatic heterocycles. The summed E-state index contributed by atoms with van der Waals surface area (Å²) in [5, 5.41) is 6.58. The van der Waals surface area contributed by atoms with Gasteiger partial charge in [0, 0.05) is 25.9 Å². The van der Waals surface area contributed by atoms with Crippen molar-refractivity contribution in [2.45, 2.75) is 25.4 Å². The van der Waals surface area contributed by atoms with Crippen LogP contribution in [0, 0.1) is 0 Å². The van der Waals surface area contributed by atoms with Crippen molar-refractivity contribution in [1.29, 1.82) is 0 Å². The van der Waals surface area contributed by atoms with Gasteiger partial charge in [0.05, 0.1) is 20.3 Å². The maximum atomic E-state index is 5.60. The molecule has 2 N–H and O–H groups in total. The zero-order valence-electron chi connectivity index (χ0n) is 15.3. The van der Waals surface area contributed by atoms with Crippen molar-refractivity contribution in [3.63, 3.8) is 0 Å². The van der Waals surface area contributed by atoms with E-state index in [1.54, 1.807) is 20.4 Å². The highest BCUT2D eigenvalue weighted by Crippen LogP contribution is 2.27. The summed E-state index contributed by atoms with van der Waals surface area (Å²) in [7, 11) is 3.28. The minimum absolute atomic E-state index is 0.264. The molecule has 1 saturated heterocycles. The van der Waals surface area contributed by atoms with Crippen LogP contribution in [0.3, 0.4) is 0 Å². The maximum absolute atomic E-state index is 5.60. The molecule has 1 unspecified atom stereocenters. The Hall–Kier alpha value is -2.54. The average Bonchev–Trinajstić information content (AvgIpc) is 3.20. The summed E-state index contributed by atoms with van der Waals surface area (Å²) in [6.07, 6.45) is 5.09. The number of methoxy groups -OCH3 is 2. The molecule has 26 heavy (non-hydrogen) atoms. The number of nitrogens with one attached hydrogen (secondary N) is 2. The van der Waals surface area contributed by atoms with Crippen LogP contribution in [0.15, 0.2) is 30.5 Å². The van der Waals surface area contributed by atoms with Crippen LogP contribution in [0.4, 0.5) is 11.8 Å². The lowest BCUT2D eigenvalue weighted by Crippen LogP contribution is -2.19. The molecule has 1 aliphatic rings. The summed E-state index contributed by atoms with van der Waals surface area (Å²) in [6, 6.07) is 7.82. The smallest absolute Gasteiger partial charge is 0.224 e. The lowest BCUT2D eigenvalue weighted by atomic mass is 10.1. The highest BCUT2D eigenvalue weighted by atomic mass is 16.5. The molecule has 0 bridgehead atoms. The number of nitrogens with zero attached hydrogens (tertiary/aromatic N) is 2. The first-order valence-electron chi connectivity index (χ1n) is 8.92. The third-order valence-electron chi connectivity index (χ3n) is 4.34. The summed E-state index contributed by atoms with van der Waals surface area (Å²) in [4.78, 5) is 8.75. The molecular weight excluding hydrogens is 332 g/mol. The highest BCUT2D eigenvalue weighted by Gasteiger charge is 2.15. The summed E-state index contributed by atoms with van der Waals surface area (Å²) in [5.74, 6) is 2.90. The van der Waals surface area contributed by atoms with E-state index < -0.39 is 0 Å². The zero-order chi connectivity index (χ0) is 18.2. The van der Waals surface area contributed by atoms with Gasteiger partial charge in [-0.05, 0) is 43.0 Å². The number of hydrogen-bond acceptors (Lipinski definition) is 7. The molecule has 0 radical (unpaired) electrons. The van der Waals surface area contributed by atoms with E-state index in [1.807, 2.05) is 24.3 Å². The van der Waals surface area contributed by atoms with Crippen molar-refractivity contribution in [3.8, 4) is 11.5 Å². The summed E-state index contributed by atoms with van der Waals surface area (Å²) in [6.45, 7) is 2.36. The first kappa shape index (κ1) is 18.3. The van der Waals surface area contributed by atoms with Crippen LogP contribution in [0.2, 0.25) is 0 Å². The highest BCUT2D eigenvalue weighted by molar-refractivity contribution is 5.44. The van der Waals surface area contributed by atoms with Gasteiger partial charge in [-0.1, -0.05) is 6.07 Å². The third kappa shape index (κ3) is 4.98. The Morgan fingerprint density at radius 2 is 2.04 bits per heavy atom. The van der Waals surface area contributed by atoms with Crippen LogP contribution >= 0.6 is 0 Å². The van der Waals surface area contributed by atoms with E-state index in [-0.39, 0.29) is 6.10 Å². The molecular formula is C19H26N4O3. The number of anilines is 2. The van der Waals surface area contributed by atoms with Crippen molar-refractivity contribution < 1.29 is 14.2 Å². The second kappa shape index (κ2) is 9.24. The average molecular weight is 358 g/mol. The molecule has 1 aromatic heterocycles. The fourth-order valence-corrected chi connectivity index (χ4v) is 2.92. The van der Waals surface area contributed by atoms with Gasteiger partial charge in [0.1, 0.15) is 5.82 Å². The first-order valence-corrected chi connectivity index (χ1v) is 8.92. The van der Waals surface area contributed by atoms with E-state index in [4.69, 9.17) is 14.2 Å². The number of rotatable bonds is 9. The Morgan fingerprint density at radius 3 is 2.81 bits per heavy atom. The van der Waals surface area contributed by atoms with Gasteiger partial charge in [-0.2, -0.15) is 4.98 Å². The summed E-state index contributed by atoms with van der Waals surface area (Å²) < 4.78 is 16.2. The summed E-state index contributed by atoms with van der Waals surface area (Å²) >= 11 is 0. The van der Waals surface area contributed by atoms with E-state index in [1.165, 1.54) is 5.56 Å². The van der Waals surface area contributed by atoms with Crippen molar-refractivity contribution >= 4 is 11.8 Å². The molecule has 1 fully saturated rings. The summed E-state index contributed by atoms with van der Waals surface area (Å²) in [5.41, 5.74) is 1.17. The number of aromatic nitrogens is 2. The van der Waals surface area contributed by atoms with Gasteiger partial charge < -0.3 is 24.8 Å². The van der Waals surface area contributed by atoms with E-state index >= 15 is 0 Å². The van der Waals surface area contributed by atoms with Gasteiger partial charge in [-0.3, -0.25) is 0 Å². The minimum atomic E-state index is 0.264. The molecule has 0 spiro atoms. The van der Waals surface area contributed by atoms with E-state index in [9.17, 15) is 0 Å². The molecule has 0 amide bonds. The SMILES string of the molecule is COc1ccc(CCNc2ccnc(NCC3CCCO3)n2)cc1OC. The predicted octanol–water partition coefficient (Wildman–Crippen LogP) is 2.74. The zero-order valence-corrected chi connectivity index (χ0v) is 15.3. The van der Waals surface area contributed by atoms with Crippen molar-refractivity contribution in [2.24, 2.45) is 0 Å². The molecule has 7 nitrogen and oxygen atoms in total. The lowest BCUT2D eigenvalue weighted by Gasteiger charge is -2.12. The van der Waals surface area contributed by atoms with Gasteiger partial charge in [0.15, 0.2) is 11.5 Å². The van der Waals surface area contributed by atoms with Crippen molar-refractivity contribution in [1.82, 2.24) is 9.97 Å². The molecule has 0 aliphatic carbocycles. The van der Waals surface area contributed by atoms with Crippen molar-refractivity contribution in [3.05, 3.63) is 36.0 Å². The molecule has 1 aromatic carbocycles. The van der Waals surface area contributed by atoms with Gasteiger partial charge in [0.2, 0.25) is 5.95 Å². The second-order valence-corrected chi connectivity index (χ2v) is 6.15. The monoisotopic (exact) mass is 358 g/mol. The Labute approximate surface area is 154 Å². The van der Waals surface area contributed by atoms with Crippen LogP contribution in [-0.2, 0) is 11.2 Å². The van der Waals surface area contributed by atoms with Crippen LogP contribution in [0.25, 0.3) is 0 Å². The van der Waals surface area contributed by atoms with Gasteiger partial charge in [-0.25, -0.2) is 4.98 Å². The molecule has 0 saturated carbocycles. The Balaban J connectivity index is 1.49. The minimum Gasteiger partial charge on any atom is -0.493 e. The molecule has 1 atom stereocenters. The third-order valence-corrected chi connectivity index (χ3v) is 4.34. The Morgan fingerprint density at radius 1 is 1.15 bits per heavy atom. The van der Waals surface area contributed by atoms with Crippen molar-refractivity contribution in [2.75, 3.05) is 44.5 Å². The topological polar surface area (TPSA) is 77.5 Å². The molecule has 3 rings (SSSR count). The maximum Gasteiger partial charge on any atom is 0.224 e. The molecule has 2 aromatic rings. The number of benzene rings is 1. The predicted molar refractivity (Wildman–Crippen MR) is 101 cm³/mol. The fraction of sp³-hybridized carbons (Fsp3) is 0.474. The standard InChI is InChI=1S/C19H26N4O3/c1-24-16-6-5-14(12-17(16)25-2)7-9-20-18-8-10-21-19(23-18)22-13-15-4-3-11-26-15/h5-6,8,10,12,15H,3-4,7,9,11,13H2,1-2H3,(H2,20,21,22,23). The second-order valence-electron chi connectivity index (χ2n) is 6.15. The van der Waals surface area contributed by atoms with Gasteiger partial charge >= 0.3 is 0 Å². The fourth-order valence-electron chi connectivity index (χ4n) is 2.92.